The Morgan fingerprint density at radius 3 is 2.63 bits per heavy atom. The maximum absolute atomic E-state index is 12.1. The van der Waals surface area contributed by atoms with Crippen molar-refractivity contribution in [2.24, 2.45) is 0 Å². The number of hydrogen-bond donors (Lipinski definition) is 2. The fraction of sp³-hybridized carbons (Fsp3) is 0.417. The molecule has 1 aliphatic rings. The van der Waals surface area contributed by atoms with Crippen molar-refractivity contribution < 1.29 is 13.2 Å². The third kappa shape index (κ3) is 3.48. The van der Waals surface area contributed by atoms with Crippen LogP contribution in [-0.2, 0) is 9.84 Å². The molecule has 1 aliphatic heterocycles. The van der Waals surface area contributed by atoms with Crippen LogP contribution in [0.3, 0.4) is 0 Å². The van der Waals surface area contributed by atoms with Gasteiger partial charge in [-0.3, -0.25) is 4.79 Å². The van der Waals surface area contributed by atoms with Crippen LogP contribution in [0.2, 0.25) is 0 Å². The molecule has 0 radical (unpaired) electrons. The molecule has 2 rings (SSSR count). The third-order valence-corrected chi connectivity index (χ3v) is 5.46. The van der Waals surface area contributed by atoms with Crippen LogP contribution in [-0.4, -0.2) is 31.4 Å². The number of hydrogen-bond acceptors (Lipinski definition) is 4. The first kappa shape index (κ1) is 14.3. The Labute approximate surface area is 120 Å². The summed E-state index contributed by atoms with van der Waals surface area (Å²) in [5.74, 6) is -0.216. The predicted molar refractivity (Wildman–Crippen MR) is 77.7 cm³/mol. The summed E-state index contributed by atoms with van der Waals surface area (Å²) in [6.07, 6.45) is 0.435. The maximum atomic E-state index is 12.1. The molecule has 0 aromatic heterocycles. The number of nitrogen functional groups attached to an aromatic ring is 1. The van der Waals surface area contributed by atoms with Gasteiger partial charge in [0.05, 0.1) is 17.0 Å². The van der Waals surface area contributed by atoms with Gasteiger partial charge in [-0.05, 0) is 31.5 Å². The number of halogens is 1. The van der Waals surface area contributed by atoms with Crippen LogP contribution in [0.1, 0.15) is 23.7 Å². The zero-order valence-corrected chi connectivity index (χ0v) is 12.8. The van der Waals surface area contributed by atoms with Gasteiger partial charge < -0.3 is 11.1 Å². The topological polar surface area (TPSA) is 89.3 Å². The third-order valence-electron chi connectivity index (χ3n) is 3.10. The predicted octanol–water partition coefficient (Wildman–Crippen LogP) is 1.34. The zero-order chi connectivity index (χ0) is 14.3. The van der Waals surface area contributed by atoms with E-state index in [1.165, 1.54) is 0 Å². The molecule has 1 fully saturated rings. The Balaban J connectivity index is 2.18. The van der Waals surface area contributed by atoms with Crippen LogP contribution in [0.5, 0.6) is 0 Å². The molecule has 1 unspecified atom stereocenters. The first-order chi connectivity index (χ1) is 8.69. The summed E-state index contributed by atoms with van der Waals surface area (Å²) in [5, 5.41) is 2.79. The minimum Gasteiger partial charge on any atom is -0.399 e. The second-order valence-electron chi connectivity index (χ2n) is 5.13. The Kier molecular flexibility index (Phi) is 3.61. The number of amides is 1. The van der Waals surface area contributed by atoms with E-state index in [0.717, 1.165) is 0 Å². The van der Waals surface area contributed by atoms with E-state index in [9.17, 15) is 13.2 Å². The highest BCUT2D eigenvalue weighted by atomic mass is 79.9. The molecule has 0 bridgehead atoms. The fourth-order valence-electron chi connectivity index (χ4n) is 2.20. The average molecular weight is 347 g/mol. The lowest BCUT2D eigenvalue weighted by atomic mass is 10.0. The van der Waals surface area contributed by atoms with Crippen molar-refractivity contribution >= 4 is 37.4 Å². The van der Waals surface area contributed by atoms with Gasteiger partial charge >= 0.3 is 0 Å². The van der Waals surface area contributed by atoms with Gasteiger partial charge in [-0.1, -0.05) is 15.9 Å². The molecule has 3 N–H and O–H groups in total. The first-order valence-electron chi connectivity index (χ1n) is 5.78. The summed E-state index contributed by atoms with van der Waals surface area (Å²) in [6, 6.07) is 4.91. The van der Waals surface area contributed by atoms with Crippen molar-refractivity contribution in [1.29, 1.82) is 0 Å². The molecule has 1 amide bonds. The summed E-state index contributed by atoms with van der Waals surface area (Å²) < 4.78 is 23.7. The smallest absolute Gasteiger partial charge is 0.251 e. The molecule has 0 saturated carbocycles. The molecular weight excluding hydrogens is 332 g/mol. The Hall–Kier alpha value is -1.08. The number of anilines is 1. The molecule has 1 atom stereocenters. The quantitative estimate of drug-likeness (QED) is 0.790. The van der Waals surface area contributed by atoms with Crippen molar-refractivity contribution in [2.75, 3.05) is 17.2 Å². The van der Waals surface area contributed by atoms with Gasteiger partial charge in [-0.15, -0.1) is 0 Å². The number of nitrogens with two attached hydrogens (primary N) is 1. The SMILES string of the molecule is CC1(NC(=O)c2cc(N)cc(Br)c2)CCS(=O)(=O)C1. The van der Waals surface area contributed by atoms with Crippen LogP contribution in [0.15, 0.2) is 22.7 Å². The van der Waals surface area contributed by atoms with Gasteiger partial charge in [-0.2, -0.15) is 0 Å². The van der Waals surface area contributed by atoms with Gasteiger partial charge in [0.25, 0.3) is 5.91 Å². The molecule has 19 heavy (non-hydrogen) atoms. The van der Waals surface area contributed by atoms with Gasteiger partial charge in [-0.25, -0.2) is 8.42 Å². The number of benzene rings is 1. The van der Waals surface area contributed by atoms with E-state index < -0.39 is 15.4 Å². The molecule has 0 spiro atoms. The van der Waals surface area contributed by atoms with Crippen LogP contribution in [0.25, 0.3) is 0 Å². The summed E-state index contributed by atoms with van der Waals surface area (Å²) >= 11 is 3.27. The number of rotatable bonds is 2. The minimum atomic E-state index is -3.05. The molecule has 1 aromatic carbocycles. The van der Waals surface area contributed by atoms with Crippen LogP contribution < -0.4 is 11.1 Å². The highest BCUT2D eigenvalue weighted by molar-refractivity contribution is 9.10. The van der Waals surface area contributed by atoms with Crippen molar-refractivity contribution in [2.45, 2.75) is 18.9 Å². The van der Waals surface area contributed by atoms with E-state index in [1.807, 2.05) is 0 Å². The maximum Gasteiger partial charge on any atom is 0.251 e. The van der Waals surface area contributed by atoms with E-state index in [2.05, 4.69) is 21.2 Å². The van der Waals surface area contributed by atoms with E-state index >= 15 is 0 Å². The highest BCUT2D eigenvalue weighted by Crippen LogP contribution is 2.24. The lowest BCUT2D eigenvalue weighted by Gasteiger charge is -2.24. The largest absolute Gasteiger partial charge is 0.399 e. The number of carbonyl (C=O) groups excluding carboxylic acids is 1. The average Bonchev–Trinajstić information content (AvgIpc) is 2.51. The molecule has 5 nitrogen and oxygen atoms in total. The Morgan fingerprint density at radius 2 is 2.11 bits per heavy atom. The molecule has 1 aromatic rings. The molecule has 1 heterocycles. The number of nitrogens with one attached hydrogen (secondary N) is 1. The van der Waals surface area contributed by atoms with Gasteiger partial charge in [0, 0.05) is 15.7 Å². The van der Waals surface area contributed by atoms with E-state index in [4.69, 9.17) is 5.73 Å². The van der Waals surface area contributed by atoms with Crippen molar-refractivity contribution in [1.82, 2.24) is 5.32 Å². The zero-order valence-electron chi connectivity index (χ0n) is 10.4. The highest BCUT2D eigenvalue weighted by Gasteiger charge is 2.39. The first-order valence-corrected chi connectivity index (χ1v) is 8.40. The molecule has 7 heteroatoms. The standard InChI is InChI=1S/C12H15BrN2O3S/c1-12(2-3-19(17,18)7-12)15-11(16)8-4-9(13)6-10(14)5-8/h4-6H,2-3,7,14H2,1H3,(H,15,16). The van der Waals surface area contributed by atoms with Crippen LogP contribution >= 0.6 is 15.9 Å². The minimum absolute atomic E-state index is 0.0186. The summed E-state index contributed by atoms with van der Waals surface area (Å²) in [5.41, 5.74) is 5.86. The van der Waals surface area contributed by atoms with Crippen molar-refractivity contribution in [3.63, 3.8) is 0 Å². The lowest BCUT2D eigenvalue weighted by molar-refractivity contribution is 0.0915. The Bertz CT molecular complexity index is 610. The van der Waals surface area contributed by atoms with Gasteiger partial charge in [0.1, 0.15) is 0 Å². The molecular formula is C12H15BrN2O3S. The monoisotopic (exact) mass is 346 g/mol. The summed E-state index contributed by atoms with van der Waals surface area (Å²) in [4.78, 5) is 12.1. The number of sulfone groups is 1. The Morgan fingerprint density at radius 1 is 1.42 bits per heavy atom. The molecule has 0 aliphatic carbocycles. The lowest BCUT2D eigenvalue weighted by Crippen LogP contribution is -2.46. The molecule has 104 valence electrons. The normalized spacial score (nSPS) is 25.2. The van der Waals surface area contributed by atoms with Gasteiger partial charge in [0.2, 0.25) is 0 Å². The van der Waals surface area contributed by atoms with Crippen LogP contribution in [0, 0.1) is 0 Å². The van der Waals surface area contributed by atoms with Crippen LogP contribution in [0.4, 0.5) is 5.69 Å². The summed E-state index contributed by atoms with van der Waals surface area (Å²) in [7, 11) is -3.05. The molecule has 1 saturated heterocycles. The van der Waals surface area contributed by atoms with E-state index in [0.29, 0.717) is 22.1 Å². The van der Waals surface area contributed by atoms with Crippen molar-refractivity contribution in [3.05, 3.63) is 28.2 Å². The van der Waals surface area contributed by atoms with E-state index in [1.54, 1.807) is 25.1 Å². The second-order valence-corrected chi connectivity index (χ2v) is 8.23. The second kappa shape index (κ2) is 4.79. The van der Waals surface area contributed by atoms with E-state index in [-0.39, 0.29) is 17.4 Å². The summed E-state index contributed by atoms with van der Waals surface area (Å²) in [6.45, 7) is 1.75. The number of carbonyl (C=O) groups is 1. The van der Waals surface area contributed by atoms with Gasteiger partial charge in [0.15, 0.2) is 9.84 Å². The fourth-order valence-corrected chi connectivity index (χ4v) is 4.80. The van der Waals surface area contributed by atoms with Crippen molar-refractivity contribution in [3.8, 4) is 0 Å².